The fourth-order valence-corrected chi connectivity index (χ4v) is 3.79. The van der Waals surface area contributed by atoms with Gasteiger partial charge in [-0.3, -0.25) is 19.5 Å². The summed E-state index contributed by atoms with van der Waals surface area (Å²) >= 11 is 0. The SMILES string of the molecule is CCNC(=NCC(C)(C)C(=O)NC)N1CCN(C(C)C(=O)N2CCCC2)CC1.I. The van der Waals surface area contributed by atoms with E-state index in [1.54, 1.807) is 7.05 Å². The number of carbonyl (C=O) groups excluding carboxylic acids is 2. The number of carbonyl (C=O) groups is 2. The minimum atomic E-state index is -0.548. The minimum Gasteiger partial charge on any atom is -0.359 e. The third kappa shape index (κ3) is 6.97. The van der Waals surface area contributed by atoms with Crippen molar-refractivity contribution in [2.24, 2.45) is 10.4 Å². The highest BCUT2D eigenvalue weighted by atomic mass is 127. The molecule has 2 amide bonds. The Kier molecular flexibility index (Phi) is 10.7. The highest BCUT2D eigenvalue weighted by Crippen LogP contribution is 2.17. The lowest BCUT2D eigenvalue weighted by Gasteiger charge is -2.39. The number of aliphatic imine (C=N–C) groups is 1. The average molecular weight is 522 g/mol. The lowest BCUT2D eigenvalue weighted by atomic mass is 9.93. The molecule has 2 rings (SSSR count). The van der Waals surface area contributed by atoms with E-state index in [-0.39, 0.29) is 41.8 Å². The summed E-state index contributed by atoms with van der Waals surface area (Å²) in [5, 5.41) is 6.05. The van der Waals surface area contributed by atoms with Crippen molar-refractivity contribution >= 4 is 41.8 Å². The molecule has 2 heterocycles. The second-order valence-electron chi connectivity index (χ2n) is 8.36. The van der Waals surface area contributed by atoms with E-state index in [4.69, 9.17) is 4.99 Å². The standard InChI is InChI=1S/C20H38N6O2.HI/c1-6-22-19(23-15-20(3,4)18(28)21-5)26-13-11-24(12-14-26)16(2)17(27)25-9-7-8-10-25;/h16H,6-15H2,1-5H3,(H,21,28)(H,22,23);1H. The van der Waals surface area contributed by atoms with Gasteiger partial charge in [-0.25, -0.2) is 0 Å². The quantitative estimate of drug-likeness (QED) is 0.309. The van der Waals surface area contributed by atoms with Crippen LogP contribution in [0.2, 0.25) is 0 Å². The third-order valence-electron chi connectivity index (χ3n) is 5.74. The van der Waals surface area contributed by atoms with Crippen LogP contribution >= 0.6 is 24.0 Å². The van der Waals surface area contributed by atoms with Gasteiger partial charge >= 0.3 is 0 Å². The van der Waals surface area contributed by atoms with Crippen LogP contribution in [0.15, 0.2) is 4.99 Å². The zero-order chi connectivity index (χ0) is 20.7. The Balaban J connectivity index is 0.00000420. The average Bonchev–Trinajstić information content (AvgIpc) is 3.24. The van der Waals surface area contributed by atoms with Crippen LogP contribution in [0.25, 0.3) is 0 Å². The maximum absolute atomic E-state index is 12.7. The molecule has 0 aromatic heterocycles. The van der Waals surface area contributed by atoms with Crippen LogP contribution in [0.5, 0.6) is 0 Å². The molecule has 0 aromatic rings. The van der Waals surface area contributed by atoms with Crippen LogP contribution in [-0.2, 0) is 9.59 Å². The van der Waals surface area contributed by atoms with E-state index < -0.39 is 5.41 Å². The number of guanidine groups is 1. The topological polar surface area (TPSA) is 80.3 Å². The Labute approximate surface area is 192 Å². The molecule has 29 heavy (non-hydrogen) atoms. The van der Waals surface area contributed by atoms with Crippen molar-refractivity contribution in [2.75, 3.05) is 59.4 Å². The summed E-state index contributed by atoms with van der Waals surface area (Å²) in [7, 11) is 1.66. The molecule has 0 spiro atoms. The molecular formula is C20H39IN6O2. The van der Waals surface area contributed by atoms with Gasteiger partial charge in [-0.05, 0) is 40.5 Å². The van der Waals surface area contributed by atoms with Gasteiger partial charge < -0.3 is 20.4 Å². The Hall–Kier alpha value is -1.10. The van der Waals surface area contributed by atoms with Crippen LogP contribution in [0, 0.1) is 5.41 Å². The summed E-state index contributed by atoms with van der Waals surface area (Å²) in [4.78, 5) is 35.9. The molecule has 1 unspecified atom stereocenters. The van der Waals surface area contributed by atoms with Crippen molar-refractivity contribution in [1.82, 2.24) is 25.3 Å². The first-order valence-corrected chi connectivity index (χ1v) is 10.6. The molecule has 2 aliphatic rings. The maximum atomic E-state index is 12.7. The lowest BCUT2D eigenvalue weighted by Crippen LogP contribution is -2.57. The van der Waals surface area contributed by atoms with Gasteiger partial charge in [0.25, 0.3) is 0 Å². The molecule has 9 heteroatoms. The second-order valence-corrected chi connectivity index (χ2v) is 8.36. The molecule has 168 valence electrons. The molecule has 2 aliphatic heterocycles. The predicted molar refractivity (Wildman–Crippen MR) is 128 cm³/mol. The van der Waals surface area contributed by atoms with Crippen molar-refractivity contribution in [3.05, 3.63) is 0 Å². The number of halogens is 1. The fourth-order valence-electron chi connectivity index (χ4n) is 3.79. The van der Waals surface area contributed by atoms with Gasteiger partial charge in [-0.1, -0.05) is 0 Å². The van der Waals surface area contributed by atoms with Gasteiger partial charge in [-0.2, -0.15) is 0 Å². The van der Waals surface area contributed by atoms with E-state index in [9.17, 15) is 9.59 Å². The zero-order valence-corrected chi connectivity index (χ0v) is 21.0. The number of rotatable bonds is 6. The van der Waals surface area contributed by atoms with Gasteiger partial charge in [-0.15, -0.1) is 24.0 Å². The fraction of sp³-hybridized carbons (Fsp3) is 0.850. The largest absolute Gasteiger partial charge is 0.359 e. The first-order valence-electron chi connectivity index (χ1n) is 10.6. The number of amides is 2. The maximum Gasteiger partial charge on any atom is 0.239 e. The Morgan fingerprint density at radius 1 is 1.03 bits per heavy atom. The Bertz CT molecular complexity index is 569. The molecule has 0 aliphatic carbocycles. The van der Waals surface area contributed by atoms with Gasteiger partial charge in [0.1, 0.15) is 0 Å². The molecule has 2 fully saturated rings. The number of nitrogens with one attached hydrogen (secondary N) is 2. The van der Waals surface area contributed by atoms with Crippen LogP contribution in [0.3, 0.4) is 0 Å². The second kappa shape index (κ2) is 11.9. The molecule has 8 nitrogen and oxygen atoms in total. The summed E-state index contributed by atoms with van der Waals surface area (Å²) in [6.07, 6.45) is 2.25. The van der Waals surface area contributed by atoms with Crippen LogP contribution in [0.1, 0.15) is 40.5 Å². The van der Waals surface area contributed by atoms with Crippen molar-refractivity contribution in [3.8, 4) is 0 Å². The number of nitrogens with zero attached hydrogens (tertiary/aromatic N) is 4. The van der Waals surface area contributed by atoms with Gasteiger partial charge in [0, 0.05) is 52.9 Å². The van der Waals surface area contributed by atoms with Crippen LogP contribution in [-0.4, -0.2) is 97.9 Å². The highest BCUT2D eigenvalue weighted by molar-refractivity contribution is 14.0. The monoisotopic (exact) mass is 522 g/mol. The van der Waals surface area contributed by atoms with E-state index in [1.165, 1.54) is 0 Å². The molecule has 2 saturated heterocycles. The van der Waals surface area contributed by atoms with Gasteiger partial charge in [0.2, 0.25) is 11.8 Å². The predicted octanol–water partition coefficient (Wildman–Crippen LogP) is 0.971. The molecule has 1 atom stereocenters. The number of hydrogen-bond donors (Lipinski definition) is 2. The number of piperazine rings is 1. The van der Waals surface area contributed by atoms with E-state index in [2.05, 4.69) is 20.4 Å². The smallest absolute Gasteiger partial charge is 0.239 e. The van der Waals surface area contributed by atoms with Crippen LogP contribution in [0.4, 0.5) is 0 Å². The van der Waals surface area contributed by atoms with Gasteiger partial charge in [0.15, 0.2) is 5.96 Å². The van der Waals surface area contributed by atoms with Crippen molar-refractivity contribution in [3.63, 3.8) is 0 Å². The first kappa shape index (κ1) is 25.9. The normalized spacial score (nSPS) is 19.6. The zero-order valence-electron chi connectivity index (χ0n) is 18.7. The van der Waals surface area contributed by atoms with Crippen LogP contribution < -0.4 is 10.6 Å². The summed E-state index contributed by atoms with van der Waals surface area (Å²) in [6, 6.07) is -0.0630. The van der Waals surface area contributed by atoms with Gasteiger partial charge in [0.05, 0.1) is 18.0 Å². The molecule has 0 radical (unpaired) electrons. The highest BCUT2D eigenvalue weighted by Gasteiger charge is 2.31. The Morgan fingerprint density at radius 3 is 2.14 bits per heavy atom. The van der Waals surface area contributed by atoms with E-state index in [1.807, 2.05) is 32.6 Å². The number of hydrogen-bond acceptors (Lipinski definition) is 4. The van der Waals surface area contributed by atoms with Crippen molar-refractivity contribution in [1.29, 1.82) is 0 Å². The molecule has 0 aromatic carbocycles. The van der Waals surface area contributed by atoms with Crippen molar-refractivity contribution in [2.45, 2.75) is 46.6 Å². The van der Waals surface area contributed by atoms with E-state index >= 15 is 0 Å². The summed E-state index contributed by atoms with van der Waals surface area (Å²) in [5.74, 6) is 1.10. The molecule has 0 bridgehead atoms. The van der Waals surface area contributed by atoms with E-state index in [0.29, 0.717) is 6.54 Å². The third-order valence-corrected chi connectivity index (χ3v) is 5.74. The number of likely N-dealkylation sites (tertiary alicyclic amines) is 1. The summed E-state index contributed by atoms with van der Waals surface area (Å²) in [5.41, 5.74) is -0.548. The summed E-state index contributed by atoms with van der Waals surface area (Å²) < 4.78 is 0. The van der Waals surface area contributed by atoms with Crippen molar-refractivity contribution < 1.29 is 9.59 Å². The first-order chi connectivity index (χ1) is 13.3. The molecular weight excluding hydrogens is 483 g/mol. The lowest BCUT2D eigenvalue weighted by molar-refractivity contribution is -0.135. The summed E-state index contributed by atoms with van der Waals surface area (Å²) in [6.45, 7) is 14.2. The molecule has 0 saturated carbocycles. The molecule has 2 N–H and O–H groups in total. The van der Waals surface area contributed by atoms with E-state index in [0.717, 1.165) is 64.6 Å². The Morgan fingerprint density at radius 2 is 1.62 bits per heavy atom. The minimum absolute atomic E-state index is 0.